The lowest BCUT2D eigenvalue weighted by atomic mass is 10.2. The maximum atomic E-state index is 5.68. The largest absolute Gasteiger partial charge is 0.486 e. The van der Waals surface area contributed by atoms with Crippen LogP contribution in [0.1, 0.15) is 11.1 Å². The van der Waals surface area contributed by atoms with Crippen molar-refractivity contribution in [2.75, 3.05) is 18.5 Å². The fourth-order valence-electron chi connectivity index (χ4n) is 3.12. The Morgan fingerprint density at radius 1 is 1.11 bits per heavy atom. The molecular weight excluding hydrogens is 374 g/mol. The molecule has 4 aromatic rings. The Morgan fingerprint density at radius 2 is 2.00 bits per heavy atom. The predicted molar refractivity (Wildman–Crippen MR) is 108 cm³/mol. The van der Waals surface area contributed by atoms with Crippen molar-refractivity contribution in [3.05, 3.63) is 53.3 Å². The van der Waals surface area contributed by atoms with Gasteiger partial charge >= 0.3 is 0 Å². The van der Waals surface area contributed by atoms with E-state index in [0.29, 0.717) is 31.3 Å². The van der Waals surface area contributed by atoms with Crippen LogP contribution in [0.3, 0.4) is 0 Å². The molecule has 140 valence electrons. The lowest BCUT2D eigenvalue weighted by Gasteiger charge is -2.19. The van der Waals surface area contributed by atoms with Gasteiger partial charge in [0.1, 0.15) is 29.6 Å². The zero-order chi connectivity index (χ0) is 18.9. The fourth-order valence-corrected chi connectivity index (χ4v) is 4.05. The van der Waals surface area contributed by atoms with Crippen LogP contribution in [0.25, 0.3) is 21.7 Å². The summed E-state index contributed by atoms with van der Waals surface area (Å²) in [5.41, 5.74) is 2.89. The van der Waals surface area contributed by atoms with Gasteiger partial charge < -0.3 is 14.8 Å². The number of thiophene rings is 1. The first-order chi connectivity index (χ1) is 13.8. The lowest BCUT2D eigenvalue weighted by Crippen LogP contribution is -2.15. The van der Waals surface area contributed by atoms with E-state index >= 15 is 0 Å². The normalized spacial score (nSPS) is 12.9. The standard InChI is InChI=1S/C20H17N5O2S/c1-12-11-28-20-17(12)19(24-18(25-20)14-10-21-4-5-22-14)23-9-13-2-3-15-16(8-13)27-7-6-26-15/h2-5,8,10-11H,6-7,9H2,1H3,(H,23,24,25). The van der Waals surface area contributed by atoms with E-state index in [1.807, 2.05) is 18.2 Å². The number of ether oxygens (including phenoxy) is 2. The van der Waals surface area contributed by atoms with Crippen molar-refractivity contribution < 1.29 is 9.47 Å². The van der Waals surface area contributed by atoms with Crippen LogP contribution in [0.5, 0.6) is 11.5 Å². The highest BCUT2D eigenvalue weighted by molar-refractivity contribution is 7.17. The Labute approximate surface area is 165 Å². The van der Waals surface area contributed by atoms with Gasteiger partial charge in [0.15, 0.2) is 17.3 Å². The molecule has 8 heteroatoms. The van der Waals surface area contributed by atoms with Gasteiger partial charge in [-0.3, -0.25) is 4.98 Å². The van der Waals surface area contributed by atoms with Crippen molar-refractivity contribution >= 4 is 27.4 Å². The number of aromatic nitrogens is 4. The number of anilines is 1. The molecule has 0 amide bonds. The first-order valence-corrected chi connectivity index (χ1v) is 9.80. The molecule has 28 heavy (non-hydrogen) atoms. The average Bonchev–Trinajstić information content (AvgIpc) is 3.13. The molecule has 0 saturated carbocycles. The van der Waals surface area contributed by atoms with Crippen molar-refractivity contribution in [2.45, 2.75) is 13.5 Å². The molecule has 7 nitrogen and oxygen atoms in total. The zero-order valence-electron chi connectivity index (χ0n) is 15.2. The molecule has 1 aliphatic rings. The van der Waals surface area contributed by atoms with E-state index in [1.54, 1.807) is 29.9 Å². The number of rotatable bonds is 4. The number of benzene rings is 1. The highest BCUT2D eigenvalue weighted by atomic mass is 32.1. The fraction of sp³-hybridized carbons (Fsp3) is 0.200. The minimum atomic E-state index is 0.562. The highest BCUT2D eigenvalue weighted by Crippen LogP contribution is 2.33. The molecule has 0 atom stereocenters. The van der Waals surface area contributed by atoms with Crippen molar-refractivity contribution in [3.63, 3.8) is 0 Å². The van der Waals surface area contributed by atoms with Crippen LogP contribution in [0, 0.1) is 6.92 Å². The average molecular weight is 391 g/mol. The van der Waals surface area contributed by atoms with Gasteiger partial charge in [-0.05, 0) is 35.6 Å². The summed E-state index contributed by atoms with van der Waals surface area (Å²) in [6.07, 6.45) is 4.95. The second kappa shape index (κ2) is 7.05. The van der Waals surface area contributed by atoms with Crippen molar-refractivity contribution in [1.82, 2.24) is 19.9 Å². The first kappa shape index (κ1) is 16.9. The first-order valence-electron chi connectivity index (χ1n) is 8.92. The van der Waals surface area contributed by atoms with E-state index in [1.165, 1.54) is 0 Å². The molecule has 3 aromatic heterocycles. The van der Waals surface area contributed by atoms with Gasteiger partial charge in [-0.2, -0.15) is 0 Å². The third kappa shape index (κ3) is 3.11. The molecule has 0 unspecified atom stereocenters. The summed E-state index contributed by atoms with van der Waals surface area (Å²) < 4.78 is 11.3. The molecule has 1 N–H and O–H groups in total. The van der Waals surface area contributed by atoms with Gasteiger partial charge in [-0.1, -0.05) is 6.07 Å². The van der Waals surface area contributed by atoms with Gasteiger partial charge in [0, 0.05) is 18.9 Å². The molecule has 0 bridgehead atoms. The molecule has 1 aromatic carbocycles. The molecule has 0 fully saturated rings. The van der Waals surface area contributed by atoms with Crippen LogP contribution in [0.4, 0.5) is 5.82 Å². The minimum Gasteiger partial charge on any atom is -0.486 e. The second-order valence-electron chi connectivity index (χ2n) is 6.42. The van der Waals surface area contributed by atoms with E-state index < -0.39 is 0 Å². The Morgan fingerprint density at radius 3 is 2.86 bits per heavy atom. The number of hydrogen-bond donors (Lipinski definition) is 1. The van der Waals surface area contributed by atoms with Gasteiger partial charge in [0.25, 0.3) is 0 Å². The molecule has 0 radical (unpaired) electrons. The Balaban J connectivity index is 1.48. The van der Waals surface area contributed by atoms with Crippen LogP contribution in [-0.4, -0.2) is 33.1 Å². The van der Waals surface area contributed by atoms with Gasteiger partial charge in [0.05, 0.1) is 11.6 Å². The summed E-state index contributed by atoms with van der Waals surface area (Å²) in [5.74, 6) is 2.93. The monoisotopic (exact) mass is 391 g/mol. The number of hydrogen-bond acceptors (Lipinski definition) is 8. The van der Waals surface area contributed by atoms with E-state index in [9.17, 15) is 0 Å². The van der Waals surface area contributed by atoms with Gasteiger partial charge in [-0.15, -0.1) is 11.3 Å². The van der Waals surface area contributed by atoms with E-state index in [-0.39, 0.29) is 0 Å². The Kier molecular flexibility index (Phi) is 4.25. The summed E-state index contributed by atoms with van der Waals surface area (Å²) in [5, 5.41) is 6.59. The lowest BCUT2D eigenvalue weighted by molar-refractivity contribution is 0.171. The number of nitrogens with one attached hydrogen (secondary N) is 1. The Hall–Kier alpha value is -3.26. The van der Waals surface area contributed by atoms with Crippen LogP contribution in [-0.2, 0) is 6.54 Å². The SMILES string of the molecule is Cc1csc2nc(-c3cnccn3)nc(NCc3ccc4c(c3)OCCO4)c12. The maximum absolute atomic E-state index is 5.68. The number of aryl methyl sites for hydroxylation is 1. The molecule has 1 aliphatic heterocycles. The third-order valence-electron chi connectivity index (χ3n) is 4.48. The van der Waals surface area contributed by atoms with Gasteiger partial charge in [0.2, 0.25) is 0 Å². The molecule has 0 saturated heterocycles. The maximum Gasteiger partial charge on any atom is 0.183 e. The number of fused-ring (bicyclic) bond motifs is 2. The topological polar surface area (TPSA) is 82.1 Å². The van der Waals surface area contributed by atoms with E-state index in [2.05, 4.69) is 32.6 Å². The summed E-state index contributed by atoms with van der Waals surface area (Å²) in [7, 11) is 0. The molecule has 4 heterocycles. The van der Waals surface area contributed by atoms with Crippen molar-refractivity contribution in [3.8, 4) is 23.0 Å². The second-order valence-corrected chi connectivity index (χ2v) is 7.28. The van der Waals surface area contributed by atoms with Crippen LogP contribution in [0.15, 0.2) is 42.2 Å². The molecule has 5 rings (SSSR count). The molecule has 0 spiro atoms. The number of nitrogens with zero attached hydrogens (tertiary/aromatic N) is 4. The zero-order valence-corrected chi connectivity index (χ0v) is 16.0. The Bertz CT molecular complexity index is 1150. The van der Waals surface area contributed by atoms with Crippen LogP contribution in [0.2, 0.25) is 0 Å². The highest BCUT2D eigenvalue weighted by Gasteiger charge is 2.15. The van der Waals surface area contributed by atoms with Crippen molar-refractivity contribution in [2.24, 2.45) is 0 Å². The molecular formula is C20H17N5O2S. The summed E-state index contributed by atoms with van der Waals surface area (Å²) in [6.45, 7) is 3.84. The van der Waals surface area contributed by atoms with E-state index in [0.717, 1.165) is 38.7 Å². The quantitative estimate of drug-likeness (QED) is 0.566. The smallest absolute Gasteiger partial charge is 0.183 e. The van der Waals surface area contributed by atoms with Crippen LogP contribution < -0.4 is 14.8 Å². The molecule has 0 aliphatic carbocycles. The summed E-state index contributed by atoms with van der Waals surface area (Å²) in [6, 6.07) is 5.98. The third-order valence-corrected chi connectivity index (χ3v) is 5.47. The summed E-state index contributed by atoms with van der Waals surface area (Å²) >= 11 is 1.60. The predicted octanol–water partition coefficient (Wildman–Crippen LogP) is 3.84. The van der Waals surface area contributed by atoms with Crippen LogP contribution >= 0.6 is 11.3 Å². The van der Waals surface area contributed by atoms with Crippen molar-refractivity contribution in [1.29, 1.82) is 0 Å². The van der Waals surface area contributed by atoms with E-state index in [4.69, 9.17) is 14.5 Å². The summed E-state index contributed by atoms with van der Waals surface area (Å²) in [4.78, 5) is 18.8. The van der Waals surface area contributed by atoms with Gasteiger partial charge in [-0.25, -0.2) is 15.0 Å². The minimum absolute atomic E-state index is 0.562.